The standard InChI is InChI=1S/C23H27F6N3O3/c24-22(25,26)12-32-10-14-5-13(6-15(14)11-32)3-4-35-16-1-2-18-17(7-16)19(9-30-18)31-21(34)8-20(33)23(27,28)29/h1-2,7,9,13-15,20,30,33H,3-6,8,10-12H2,(H,31,34)/t13-,14-,15+,20?. The van der Waals surface area contributed by atoms with Gasteiger partial charge < -0.3 is 20.1 Å². The van der Waals surface area contributed by atoms with Gasteiger partial charge in [0.25, 0.3) is 0 Å². The molecule has 0 radical (unpaired) electrons. The maximum absolute atomic E-state index is 12.6. The first-order valence-corrected chi connectivity index (χ1v) is 11.4. The summed E-state index contributed by atoms with van der Waals surface area (Å²) in [6.45, 7) is 0.549. The summed E-state index contributed by atoms with van der Waals surface area (Å²) in [5, 5.41) is 12.0. The fourth-order valence-electron chi connectivity index (χ4n) is 5.27. The number of amides is 1. The molecular weight excluding hydrogens is 480 g/mol. The Morgan fingerprint density at radius 1 is 1.17 bits per heavy atom. The van der Waals surface area contributed by atoms with Crippen molar-refractivity contribution < 1.29 is 41.0 Å². The number of hydrogen-bond acceptors (Lipinski definition) is 4. The normalized spacial score (nSPS) is 24.0. The highest BCUT2D eigenvalue weighted by Gasteiger charge is 2.43. The van der Waals surface area contributed by atoms with E-state index in [1.165, 1.54) is 11.1 Å². The molecule has 2 heterocycles. The highest BCUT2D eigenvalue weighted by Crippen LogP contribution is 2.43. The quantitative estimate of drug-likeness (QED) is 0.453. The van der Waals surface area contributed by atoms with E-state index in [-0.39, 0.29) is 5.69 Å². The van der Waals surface area contributed by atoms with Crippen molar-refractivity contribution in [2.75, 3.05) is 31.6 Å². The zero-order valence-corrected chi connectivity index (χ0v) is 18.8. The van der Waals surface area contributed by atoms with Gasteiger partial charge in [0.2, 0.25) is 5.91 Å². The minimum atomic E-state index is -4.88. The molecular formula is C23H27F6N3O3. The third kappa shape index (κ3) is 6.60. The highest BCUT2D eigenvalue weighted by molar-refractivity contribution is 6.02. The number of aromatic nitrogens is 1. The third-order valence-electron chi connectivity index (χ3n) is 6.81. The van der Waals surface area contributed by atoms with Crippen LogP contribution in [0.2, 0.25) is 0 Å². The maximum Gasteiger partial charge on any atom is 0.414 e. The van der Waals surface area contributed by atoms with Crippen molar-refractivity contribution in [2.24, 2.45) is 17.8 Å². The monoisotopic (exact) mass is 507 g/mol. The molecule has 1 unspecified atom stereocenters. The number of ether oxygens (including phenoxy) is 1. The minimum Gasteiger partial charge on any atom is -0.494 e. The Morgan fingerprint density at radius 2 is 1.86 bits per heavy atom. The molecule has 2 aromatic rings. The average molecular weight is 507 g/mol. The maximum atomic E-state index is 12.6. The summed E-state index contributed by atoms with van der Waals surface area (Å²) in [6.07, 6.45) is -8.89. The van der Waals surface area contributed by atoms with Crippen LogP contribution in [0.25, 0.3) is 10.9 Å². The number of aromatic amines is 1. The Balaban J connectivity index is 1.26. The minimum absolute atomic E-state index is 0.275. The lowest BCUT2D eigenvalue weighted by Gasteiger charge is -2.20. The van der Waals surface area contributed by atoms with Crippen molar-refractivity contribution >= 4 is 22.5 Å². The lowest BCUT2D eigenvalue weighted by Crippen LogP contribution is -2.33. The molecule has 1 aliphatic heterocycles. The Labute approximate surface area is 197 Å². The van der Waals surface area contributed by atoms with Gasteiger partial charge in [-0.1, -0.05) is 0 Å². The fraction of sp³-hybridized carbons (Fsp3) is 0.609. The van der Waals surface area contributed by atoms with Crippen LogP contribution in [0.4, 0.5) is 32.0 Å². The van der Waals surface area contributed by atoms with E-state index in [0.717, 1.165) is 19.3 Å². The summed E-state index contributed by atoms with van der Waals surface area (Å²) in [5.74, 6) is 0.533. The first-order valence-electron chi connectivity index (χ1n) is 11.4. The molecule has 3 N–H and O–H groups in total. The van der Waals surface area contributed by atoms with Crippen LogP contribution < -0.4 is 10.1 Å². The summed E-state index contributed by atoms with van der Waals surface area (Å²) >= 11 is 0. The predicted molar refractivity (Wildman–Crippen MR) is 116 cm³/mol. The second-order valence-corrected chi connectivity index (χ2v) is 9.52. The number of hydrogen-bond donors (Lipinski definition) is 3. The van der Waals surface area contributed by atoms with Crippen LogP contribution in [0.3, 0.4) is 0 Å². The second kappa shape index (κ2) is 9.88. The van der Waals surface area contributed by atoms with Crippen LogP contribution in [0, 0.1) is 17.8 Å². The summed E-state index contributed by atoms with van der Waals surface area (Å²) in [4.78, 5) is 16.3. The van der Waals surface area contributed by atoms with E-state index in [0.29, 0.717) is 54.1 Å². The molecule has 2 fully saturated rings. The lowest BCUT2D eigenvalue weighted by atomic mass is 10.0. The number of aliphatic hydroxyl groups excluding tert-OH is 1. The lowest BCUT2D eigenvalue weighted by molar-refractivity contribution is -0.205. The number of benzene rings is 1. The Kier molecular flexibility index (Phi) is 7.23. The largest absolute Gasteiger partial charge is 0.494 e. The number of aliphatic hydroxyl groups is 1. The topological polar surface area (TPSA) is 77.6 Å². The highest BCUT2D eigenvalue weighted by atomic mass is 19.4. The number of fused-ring (bicyclic) bond motifs is 2. The molecule has 1 aromatic carbocycles. The van der Waals surface area contributed by atoms with Gasteiger partial charge in [-0.15, -0.1) is 0 Å². The van der Waals surface area contributed by atoms with Crippen LogP contribution in [-0.4, -0.2) is 65.6 Å². The average Bonchev–Trinajstić information content (AvgIpc) is 3.39. The molecule has 1 aliphatic carbocycles. The zero-order valence-electron chi connectivity index (χ0n) is 18.8. The molecule has 0 bridgehead atoms. The van der Waals surface area contributed by atoms with Crippen molar-refractivity contribution in [1.82, 2.24) is 9.88 Å². The van der Waals surface area contributed by atoms with Crippen molar-refractivity contribution in [3.05, 3.63) is 24.4 Å². The molecule has 4 atom stereocenters. The number of carbonyl (C=O) groups excluding carboxylic acids is 1. The summed E-state index contributed by atoms with van der Waals surface area (Å²) < 4.78 is 81.1. The number of anilines is 1. The van der Waals surface area contributed by atoms with Crippen molar-refractivity contribution in [2.45, 2.75) is 44.1 Å². The molecule has 1 aromatic heterocycles. The van der Waals surface area contributed by atoms with Crippen molar-refractivity contribution in [3.8, 4) is 5.75 Å². The van der Waals surface area contributed by atoms with E-state index in [4.69, 9.17) is 9.84 Å². The van der Waals surface area contributed by atoms with Crippen LogP contribution in [0.15, 0.2) is 24.4 Å². The molecule has 2 aliphatic rings. The number of likely N-dealkylation sites (tertiary alicyclic amines) is 1. The van der Waals surface area contributed by atoms with Gasteiger partial charge in [-0.2, -0.15) is 26.3 Å². The smallest absolute Gasteiger partial charge is 0.414 e. The van der Waals surface area contributed by atoms with Gasteiger partial charge >= 0.3 is 12.4 Å². The number of nitrogens with zero attached hydrogens (tertiary/aromatic N) is 1. The van der Waals surface area contributed by atoms with Crippen LogP contribution >= 0.6 is 0 Å². The van der Waals surface area contributed by atoms with Gasteiger partial charge in [0, 0.05) is 30.2 Å². The van der Waals surface area contributed by atoms with E-state index in [9.17, 15) is 31.1 Å². The van der Waals surface area contributed by atoms with Crippen LogP contribution in [0.1, 0.15) is 25.7 Å². The van der Waals surface area contributed by atoms with E-state index in [2.05, 4.69) is 10.3 Å². The van der Waals surface area contributed by atoms with E-state index in [1.54, 1.807) is 18.2 Å². The molecule has 4 rings (SSSR count). The molecule has 6 nitrogen and oxygen atoms in total. The Hall–Kier alpha value is -2.47. The van der Waals surface area contributed by atoms with E-state index in [1.807, 2.05) is 0 Å². The molecule has 1 amide bonds. The van der Waals surface area contributed by atoms with Gasteiger partial charge in [-0.3, -0.25) is 9.69 Å². The first kappa shape index (κ1) is 25.6. The second-order valence-electron chi connectivity index (χ2n) is 9.52. The van der Waals surface area contributed by atoms with Crippen LogP contribution in [0.5, 0.6) is 5.75 Å². The van der Waals surface area contributed by atoms with Gasteiger partial charge in [0.1, 0.15) is 5.75 Å². The third-order valence-corrected chi connectivity index (χ3v) is 6.81. The Morgan fingerprint density at radius 3 is 2.49 bits per heavy atom. The molecule has 194 valence electrons. The summed E-state index contributed by atoms with van der Waals surface area (Å²) in [6, 6.07) is 5.12. The van der Waals surface area contributed by atoms with E-state index < -0.39 is 37.3 Å². The van der Waals surface area contributed by atoms with Gasteiger partial charge in [0.15, 0.2) is 6.10 Å². The van der Waals surface area contributed by atoms with Crippen LogP contribution in [-0.2, 0) is 4.79 Å². The number of nitrogens with one attached hydrogen (secondary N) is 2. The molecule has 1 saturated heterocycles. The molecule has 35 heavy (non-hydrogen) atoms. The summed E-state index contributed by atoms with van der Waals surface area (Å²) in [5.41, 5.74) is 0.924. The SMILES string of the molecule is O=C(CC(O)C(F)(F)F)Nc1c[nH]c2ccc(OCC[C@@H]3C[C@@H]4CN(CC(F)(F)F)C[C@@H]4C3)cc12. The van der Waals surface area contributed by atoms with Gasteiger partial charge in [-0.05, 0) is 55.2 Å². The van der Waals surface area contributed by atoms with Gasteiger partial charge in [0.05, 0.1) is 25.3 Å². The number of halogens is 6. The van der Waals surface area contributed by atoms with Crippen molar-refractivity contribution in [1.29, 1.82) is 0 Å². The zero-order chi connectivity index (χ0) is 25.4. The number of rotatable bonds is 8. The number of alkyl halides is 6. The first-order chi connectivity index (χ1) is 16.4. The predicted octanol–water partition coefficient (Wildman–Crippen LogP) is 4.71. The van der Waals surface area contributed by atoms with E-state index >= 15 is 0 Å². The number of H-pyrrole nitrogens is 1. The van der Waals surface area contributed by atoms with Crippen molar-refractivity contribution in [3.63, 3.8) is 0 Å². The molecule has 12 heteroatoms. The Bertz CT molecular complexity index is 1020. The molecule has 1 saturated carbocycles. The fourth-order valence-corrected chi connectivity index (χ4v) is 5.27. The summed E-state index contributed by atoms with van der Waals surface area (Å²) in [7, 11) is 0. The van der Waals surface area contributed by atoms with Gasteiger partial charge in [-0.25, -0.2) is 0 Å². The molecule has 0 spiro atoms. The number of carbonyl (C=O) groups is 1.